The molecule has 2 aromatic heterocycles. The molecule has 2 heterocycles. The van der Waals surface area contributed by atoms with Crippen molar-refractivity contribution >= 4 is 20.9 Å². The molecule has 0 spiro atoms. The number of benzene rings is 1. The van der Waals surface area contributed by atoms with Gasteiger partial charge in [0.25, 0.3) is 0 Å². The molecule has 0 unspecified atom stereocenters. The molecule has 23 heavy (non-hydrogen) atoms. The minimum Gasteiger partial charge on any atom is -0.361 e. The fraction of sp³-hybridized carbons (Fsp3) is 0.312. The molecule has 0 aliphatic heterocycles. The summed E-state index contributed by atoms with van der Waals surface area (Å²) in [7, 11) is -3.61. The van der Waals surface area contributed by atoms with Crippen LogP contribution in [0.2, 0.25) is 0 Å². The second-order valence-corrected chi connectivity index (χ2v) is 7.37. The number of nitrogens with one attached hydrogen (secondary N) is 2. The van der Waals surface area contributed by atoms with Crippen LogP contribution in [-0.2, 0) is 16.4 Å². The summed E-state index contributed by atoms with van der Waals surface area (Å²) in [5.74, 6) is 0.303. The normalized spacial score (nSPS) is 12.1. The van der Waals surface area contributed by atoms with Crippen LogP contribution in [0.15, 0.2) is 33.8 Å². The van der Waals surface area contributed by atoms with Crippen LogP contribution in [0.5, 0.6) is 0 Å². The highest BCUT2D eigenvalue weighted by Gasteiger charge is 2.23. The summed E-state index contributed by atoms with van der Waals surface area (Å²) in [6.45, 7) is 5.56. The number of rotatable bonds is 5. The Labute approximate surface area is 134 Å². The van der Waals surface area contributed by atoms with Crippen LogP contribution in [-0.4, -0.2) is 25.1 Å². The Kier molecular flexibility index (Phi) is 3.99. The smallest absolute Gasteiger partial charge is 0.245 e. The van der Waals surface area contributed by atoms with Crippen LogP contribution < -0.4 is 4.72 Å². The molecule has 0 atom stereocenters. The van der Waals surface area contributed by atoms with Crippen LogP contribution in [0.1, 0.15) is 22.6 Å². The lowest BCUT2D eigenvalue weighted by Gasteiger charge is -2.06. The monoisotopic (exact) mass is 333 g/mol. The molecule has 0 saturated heterocycles. The Morgan fingerprint density at radius 3 is 2.74 bits per heavy atom. The first-order valence-electron chi connectivity index (χ1n) is 7.37. The molecule has 0 fully saturated rings. The van der Waals surface area contributed by atoms with Gasteiger partial charge < -0.3 is 9.51 Å². The third-order valence-corrected chi connectivity index (χ3v) is 5.55. The highest BCUT2D eigenvalue weighted by atomic mass is 32.2. The van der Waals surface area contributed by atoms with Gasteiger partial charge in [-0.3, -0.25) is 0 Å². The summed E-state index contributed by atoms with van der Waals surface area (Å²) < 4.78 is 32.3. The molecular formula is C16H19N3O3S. The summed E-state index contributed by atoms with van der Waals surface area (Å²) in [5.41, 5.74) is 3.69. The van der Waals surface area contributed by atoms with Gasteiger partial charge in [-0.05, 0) is 44.9 Å². The third kappa shape index (κ3) is 3.02. The summed E-state index contributed by atoms with van der Waals surface area (Å²) in [4.78, 5) is 3.34. The van der Waals surface area contributed by atoms with Crippen LogP contribution in [0.25, 0.3) is 10.9 Å². The van der Waals surface area contributed by atoms with Crippen LogP contribution in [0.4, 0.5) is 0 Å². The number of H-pyrrole nitrogens is 1. The maximum absolute atomic E-state index is 12.4. The predicted molar refractivity (Wildman–Crippen MR) is 87.9 cm³/mol. The number of hydrogen-bond acceptors (Lipinski definition) is 4. The second kappa shape index (κ2) is 5.82. The summed E-state index contributed by atoms with van der Waals surface area (Å²) in [5, 5.41) is 4.82. The quantitative estimate of drug-likeness (QED) is 0.751. The minimum atomic E-state index is -3.61. The fourth-order valence-corrected chi connectivity index (χ4v) is 4.11. The van der Waals surface area contributed by atoms with Crippen LogP contribution in [0.3, 0.4) is 0 Å². The van der Waals surface area contributed by atoms with E-state index < -0.39 is 10.0 Å². The van der Waals surface area contributed by atoms with Crippen molar-refractivity contribution in [3.05, 3.63) is 47.0 Å². The third-order valence-electron chi connectivity index (χ3n) is 3.85. The van der Waals surface area contributed by atoms with Crippen molar-refractivity contribution in [3.63, 3.8) is 0 Å². The van der Waals surface area contributed by atoms with Gasteiger partial charge in [-0.15, -0.1) is 0 Å². The van der Waals surface area contributed by atoms with Gasteiger partial charge in [0.05, 0.1) is 0 Å². The molecule has 0 bridgehead atoms. The van der Waals surface area contributed by atoms with Crippen molar-refractivity contribution in [1.29, 1.82) is 0 Å². The Morgan fingerprint density at radius 1 is 1.26 bits per heavy atom. The zero-order valence-corrected chi connectivity index (χ0v) is 14.1. The molecule has 0 amide bonds. The van der Waals surface area contributed by atoms with Crippen molar-refractivity contribution < 1.29 is 12.9 Å². The SMILES string of the molecule is Cc1ccc2[nH]cc(CCNS(=O)(=O)c3c(C)noc3C)c2c1. The van der Waals surface area contributed by atoms with Crippen molar-refractivity contribution in [2.24, 2.45) is 0 Å². The van der Waals surface area contributed by atoms with Crippen molar-refractivity contribution in [2.75, 3.05) is 6.54 Å². The maximum Gasteiger partial charge on any atom is 0.245 e. The van der Waals surface area contributed by atoms with E-state index in [1.54, 1.807) is 13.8 Å². The van der Waals surface area contributed by atoms with Crippen LogP contribution >= 0.6 is 0 Å². The topological polar surface area (TPSA) is 88.0 Å². The number of nitrogens with zero attached hydrogens (tertiary/aromatic N) is 1. The molecule has 7 heteroatoms. The highest BCUT2D eigenvalue weighted by Crippen LogP contribution is 2.21. The molecule has 0 aliphatic rings. The van der Waals surface area contributed by atoms with E-state index in [2.05, 4.69) is 20.9 Å². The zero-order chi connectivity index (χ0) is 16.6. The molecule has 2 N–H and O–H groups in total. The standard InChI is InChI=1S/C16H19N3O3S/c1-10-4-5-15-14(8-10)13(9-17-15)6-7-18-23(20,21)16-11(2)19-22-12(16)3/h4-5,8-9,17-18H,6-7H2,1-3H3. The van der Waals surface area contributed by atoms with E-state index in [-0.39, 0.29) is 4.90 Å². The fourth-order valence-electron chi connectivity index (χ4n) is 2.75. The summed E-state index contributed by atoms with van der Waals surface area (Å²) >= 11 is 0. The lowest BCUT2D eigenvalue weighted by molar-refractivity contribution is 0.390. The largest absolute Gasteiger partial charge is 0.361 e. The van der Waals surface area contributed by atoms with E-state index in [0.29, 0.717) is 24.4 Å². The second-order valence-electron chi connectivity index (χ2n) is 5.66. The van der Waals surface area contributed by atoms with E-state index in [9.17, 15) is 8.42 Å². The van der Waals surface area contributed by atoms with Gasteiger partial charge in [0, 0.05) is 23.6 Å². The van der Waals surface area contributed by atoms with Gasteiger partial charge in [0.15, 0.2) is 5.76 Å². The van der Waals surface area contributed by atoms with E-state index in [1.165, 1.54) is 5.56 Å². The number of fused-ring (bicyclic) bond motifs is 1. The number of aromatic nitrogens is 2. The molecule has 0 saturated carbocycles. The maximum atomic E-state index is 12.4. The summed E-state index contributed by atoms with van der Waals surface area (Å²) in [6, 6.07) is 6.18. The highest BCUT2D eigenvalue weighted by molar-refractivity contribution is 7.89. The molecule has 3 aromatic rings. The number of aryl methyl sites for hydroxylation is 3. The first-order chi connectivity index (χ1) is 10.9. The number of sulfonamides is 1. The van der Waals surface area contributed by atoms with Gasteiger partial charge in [-0.2, -0.15) is 0 Å². The Morgan fingerprint density at radius 2 is 2.04 bits per heavy atom. The summed E-state index contributed by atoms with van der Waals surface area (Å²) in [6.07, 6.45) is 2.53. The van der Waals surface area contributed by atoms with Crippen molar-refractivity contribution in [3.8, 4) is 0 Å². The Balaban J connectivity index is 1.75. The van der Waals surface area contributed by atoms with Gasteiger partial charge in [0.1, 0.15) is 10.6 Å². The van der Waals surface area contributed by atoms with Crippen molar-refractivity contribution in [2.45, 2.75) is 32.1 Å². The van der Waals surface area contributed by atoms with Gasteiger partial charge in [-0.1, -0.05) is 16.8 Å². The molecular weight excluding hydrogens is 314 g/mol. The molecule has 0 aliphatic carbocycles. The average molecular weight is 333 g/mol. The van der Waals surface area contributed by atoms with E-state index in [0.717, 1.165) is 16.5 Å². The number of hydrogen-bond donors (Lipinski definition) is 2. The van der Waals surface area contributed by atoms with Crippen LogP contribution in [0, 0.1) is 20.8 Å². The zero-order valence-electron chi connectivity index (χ0n) is 13.3. The Hall–Kier alpha value is -2.12. The molecule has 6 nitrogen and oxygen atoms in total. The minimum absolute atomic E-state index is 0.132. The van der Waals surface area contributed by atoms with E-state index in [4.69, 9.17) is 4.52 Å². The molecule has 3 rings (SSSR count). The lowest BCUT2D eigenvalue weighted by atomic mass is 10.1. The van der Waals surface area contributed by atoms with Gasteiger partial charge >= 0.3 is 0 Å². The molecule has 0 radical (unpaired) electrons. The Bertz CT molecular complexity index is 935. The van der Waals surface area contributed by atoms with Gasteiger partial charge in [-0.25, -0.2) is 13.1 Å². The van der Waals surface area contributed by atoms with E-state index in [1.807, 2.05) is 25.3 Å². The van der Waals surface area contributed by atoms with Gasteiger partial charge in [0.2, 0.25) is 10.0 Å². The van der Waals surface area contributed by atoms with Crippen molar-refractivity contribution in [1.82, 2.24) is 14.9 Å². The van der Waals surface area contributed by atoms with E-state index >= 15 is 0 Å². The molecule has 1 aromatic carbocycles. The predicted octanol–water partition coefficient (Wildman–Crippen LogP) is 2.60. The first kappa shape index (κ1) is 15.8. The number of aromatic amines is 1. The first-order valence-corrected chi connectivity index (χ1v) is 8.86. The average Bonchev–Trinajstić information content (AvgIpc) is 3.03. The molecule has 122 valence electrons. The lowest BCUT2D eigenvalue weighted by Crippen LogP contribution is -2.26.